The van der Waals surface area contributed by atoms with Gasteiger partial charge in [-0.25, -0.2) is 0 Å². The van der Waals surface area contributed by atoms with Crippen LogP contribution in [-0.2, 0) is 0 Å². The van der Waals surface area contributed by atoms with Gasteiger partial charge in [-0.3, -0.25) is 14.8 Å². The number of nitrogens with one attached hydrogen (secondary N) is 1. The summed E-state index contributed by atoms with van der Waals surface area (Å²) in [5.41, 5.74) is 1.36. The van der Waals surface area contributed by atoms with Crippen molar-refractivity contribution in [3.05, 3.63) is 23.9 Å². The fourth-order valence-corrected chi connectivity index (χ4v) is 3.78. The van der Waals surface area contributed by atoms with Crippen LogP contribution in [0.2, 0.25) is 0 Å². The zero-order valence-electron chi connectivity index (χ0n) is 13.4. The maximum atomic E-state index is 12.9. The largest absolute Gasteiger partial charge is 0.497 e. The number of ether oxygens (including phenoxy) is 1. The first-order valence-corrected chi connectivity index (χ1v) is 8.31. The highest BCUT2D eigenvalue weighted by Gasteiger charge is 2.32. The van der Waals surface area contributed by atoms with E-state index in [1.807, 2.05) is 23.1 Å². The van der Waals surface area contributed by atoms with E-state index in [9.17, 15) is 4.79 Å². The van der Waals surface area contributed by atoms with Crippen molar-refractivity contribution >= 4 is 16.8 Å². The second kappa shape index (κ2) is 5.85. The Bertz CT molecular complexity index is 726. The minimum atomic E-state index is 0.0339. The normalized spacial score (nSPS) is 22.1. The van der Waals surface area contributed by atoms with E-state index < -0.39 is 0 Å². The van der Waals surface area contributed by atoms with Gasteiger partial charge in [0.2, 0.25) is 0 Å². The van der Waals surface area contributed by atoms with Crippen molar-refractivity contribution in [2.75, 3.05) is 33.3 Å². The summed E-state index contributed by atoms with van der Waals surface area (Å²) in [4.78, 5) is 17.4. The van der Waals surface area contributed by atoms with Crippen molar-refractivity contribution < 1.29 is 9.53 Å². The van der Waals surface area contributed by atoms with Gasteiger partial charge in [-0.05, 0) is 31.5 Å². The summed E-state index contributed by atoms with van der Waals surface area (Å²) in [5, 5.41) is 8.08. The lowest BCUT2D eigenvalue weighted by Gasteiger charge is -2.43. The van der Waals surface area contributed by atoms with Crippen molar-refractivity contribution in [1.29, 1.82) is 0 Å². The Morgan fingerprint density at radius 3 is 3.09 bits per heavy atom. The summed E-state index contributed by atoms with van der Waals surface area (Å²) in [5.74, 6) is 0.794. The number of piperidine rings is 1. The molecule has 1 N–H and O–H groups in total. The fraction of sp³-hybridized carbons (Fsp3) is 0.529. The third-order valence-corrected chi connectivity index (χ3v) is 5.10. The summed E-state index contributed by atoms with van der Waals surface area (Å²) in [6.45, 7) is 3.77. The first-order chi connectivity index (χ1) is 11.3. The highest BCUT2D eigenvalue weighted by atomic mass is 16.5. The molecule has 6 heteroatoms. The summed E-state index contributed by atoms with van der Waals surface area (Å²) in [6.07, 6.45) is 3.76. The molecule has 23 heavy (non-hydrogen) atoms. The van der Waals surface area contributed by atoms with Crippen molar-refractivity contribution in [2.45, 2.75) is 25.3 Å². The molecule has 1 aromatic carbocycles. The third-order valence-electron chi connectivity index (χ3n) is 5.10. The van der Waals surface area contributed by atoms with Gasteiger partial charge in [0.25, 0.3) is 5.91 Å². The van der Waals surface area contributed by atoms with Gasteiger partial charge in [-0.2, -0.15) is 5.10 Å². The second-order valence-corrected chi connectivity index (χ2v) is 6.42. The number of methoxy groups -OCH3 is 1. The molecule has 2 fully saturated rings. The number of carbonyl (C=O) groups excluding carboxylic acids is 1. The van der Waals surface area contributed by atoms with Crippen LogP contribution in [0.15, 0.2) is 18.2 Å². The van der Waals surface area contributed by atoms with E-state index in [2.05, 4.69) is 15.1 Å². The number of amides is 1. The first-order valence-electron chi connectivity index (χ1n) is 8.31. The Hall–Kier alpha value is -2.08. The molecule has 0 saturated carbocycles. The van der Waals surface area contributed by atoms with Gasteiger partial charge in [0, 0.05) is 37.1 Å². The zero-order valence-corrected chi connectivity index (χ0v) is 13.4. The van der Waals surface area contributed by atoms with E-state index in [1.54, 1.807) is 7.11 Å². The summed E-state index contributed by atoms with van der Waals surface area (Å²) < 4.78 is 5.22. The number of hydrogen-bond donors (Lipinski definition) is 1. The van der Waals surface area contributed by atoms with Gasteiger partial charge < -0.3 is 9.64 Å². The monoisotopic (exact) mass is 314 g/mol. The molecule has 4 rings (SSSR count). The molecule has 3 heterocycles. The molecule has 0 bridgehead atoms. The third kappa shape index (κ3) is 2.57. The summed E-state index contributed by atoms with van der Waals surface area (Å²) in [7, 11) is 1.63. The van der Waals surface area contributed by atoms with Crippen LogP contribution >= 0.6 is 0 Å². The van der Waals surface area contributed by atoms with Gasteiger partial charge >= 0.3 is 0 Å². The van der Waals surface area contributed by atoms with Gasteiger partial charge in [0.15, 0.2) is 5.69 Å². The number of aromatic nitrogens is 2. The van der Waals surface area contributed by atoms with Crippen LogP contribution in [0.1, 0.15) is 29.8 Å². The van der Waals surface area contributed by atoms with Crippen LogP contribution in [0.5, 0.6) is 5.75 Å². The lowest BCUT2D eigenvalue weighted by atomic mass is 9.99. The highest BCUT2D eigenvalue weighted by molar-refractivity contribution is 6.04. The van der Waals surface area contributed by atoms with E-state index in [0.29, 0.717) is 11.7 Å². The lowest BCUT2D eigenvalue weighted by Crippen LogP contribution is -2.56. The summed E-state index contributed by atoms with van der Waals surface area (Å²) >= 11 is 0. The molecular formula is C17H22N4O2. The van der Waals surface area contributed by atoms with Crippen LogP contribution in [0.25, 0.3) is 10.9 Å². The Morgan fingerprint density at radius 1 is 1.30 bits per heavy atom. The minimum Gasteiger partial charge on any atom is -0.497 e. The molecule has 2 aromatic rings. The lowest BCUT2D eigenvalue weighted by molar-refractivity contribution is 0.0369. The molecule has 0 spiro atoms. The second-order valence-electron chi connectivity index (χ2n) is 6.42. The smallest absolute Gasteiger partial charge is 0.275 e. The van der Waals surface area contributed by atoms with E-state index in [1.165, 1.54) is 25.8 Å². The molecular weight excluding hydrogens is 292 g/mol. The molecule has 6 nitrogen and oxygen atoms in total. The number of rotatable bonds is 2. The number of H-pyrrole nitrogens is 1. The number of nitrogens with zero attached hydrogens (tertiary/aromatic N) is 3. The quantitative estimate of drug-likeness (QED) is 0.919. The maximum Gasteiger partial charge on any atom is 0.275 e. The number of piperazine rings is 1. The molecule has 1 amide bonds. The van der Waals surface area contributed by atoms with Crippen LogP contribution in [0.4, 0.5) is 0 Å². The predicted molar refractivity (Wildman–Crippen MR) is 87.8 cm³/mol. The molecule has 1 unspecified atom stereocenters. The van der Waals surface area contributed by atoms with Crippen LogP contribution in [0, 0.1) is 0 Å². The standard InChI is InChI=1S/C17H22N4O2/c1-23-13-5-6-14-15(10-13)18-19-16(14)17(22)21-9-8-20-7-3-2-4-12(20)11-21/h5-6,10,12H,2-4,7-9,11H2,1H3,(H,18,19). The average Bonchev–Trinajstić information content (AvgIpc) is 3.03. The van der Waals surface area contributed by atoms with Crippen molar-refractivity contribution in [3.8, 4) is 5.75 Å². The fourth-order valence-electron chi connectivity index (χ4n) is 3.78. The molecule has 0 aliphatic carbocycles. The highest BCUT2D eigenvalue weighted by Crippen LogP contribution is 2.25. The van der Waals surface area contributed by atoms with E-state index >= 15 is 0 Å². The Morgan fingerprint density at radius 2 is 2.22 bits per heavy atom. The number of benzene rings is 1. The molecule has 2 aliphatic rings. The molecule has 1 aromatic heterocycles. The maximum absolute atomic E-state index is 12.9. The minimum absolute atomic E-state index is 0.0339. The van der Waals surface area contributed by atoms with E-state index in [4.69, 9.17) is 4.74 Å². The number of aromatic amines is 1. The Kier molecular flexibility index (Phi) is 3.69. The van der Waals surface area contributed by atoms with Gasteiger partial charge in [0.05, 0.1) is 12.6 Å². The molecule has 2 saturated heterocycles. The molecule has 1 atom stereocenters. The predicted octanol–water partition coefficient (Wildman–Crippen LogP) is 1.88. The van der Waals surface area contributed by atoms with Crippen molar-refractivity contribution in [3.63, 3.8) is 0 Å². The van der Waals surface area contributed by atoms with Gasteiger partial charge in [-0.1, -0.05) is 6.42 Å². The topological polar surface area (TPSA) is 61.5 Å². The Labute approximate surface area is 135 Å². The summed E-state index contributed by atoms with van der Waals surface area (Å²) in [6, 6.07) is 6.17. The SMILES string of the molecule is COc1ccc2c(C(=O)N3CCN4CCCCC4C3)n[nH]c2c1. The molecule has 122 valence electrons. The van der Waals surface area contributed by atoms with Crippen LogP contribution in [0.3, 0.4) is 0 Å². The van der Waals surface area contributed by atoms with Crippen molar-refractivity contribution in [1.82, 2.24) is 20.0 Å². The number of fused-ring (bicyclic) bond motifs is 2. The zero-order chi connectivity index (χ0) is 15.8. The first kappa shape index (κ1) is 14.5. The molecule has 2 aliphatic heterocycles. The van der Waals surface area contributed by atoms with E-state index in [0.717, 1.165) is 36.3 Å². The Balaban J connectivity index is 1.57. The number of carbonyl (C=O) groups is 1. The van der Waals surface area contributed by atoms with Crippen LogP contribution < -0.4 is 4.74 Å². The molecule has 0 radical (unpaired) electrons. The van der Waals surface area contributed by atoms with Gasteiger partial charge in [-0.15, -0.1) is 0 Å². The average molecular weight is 314 g/mol. The van der Waals surface area contributed by atoms with Crippen LogP contribution in [-0.4, -0.2) is 65.2 Å². The van der Waals surface area contributed by atoms with Gasteiger partial charge in [0.1, 0.15) is 5.75 Å². The van der Waals surface area contributed by atoms with E-state index in [-0.39, 0.29) is 5.91 Å². The number of hydrogen-bond acceptors (Lipinski definition) is 4. The van der Waals surface area contributed by atoms with Crippen molar-refractivity contribution in [2.24, 2.45) is 0 Å².